The van der Waals surface area contributed by atoms with Gasteiger partial charge in [0.1, 0.15) is 5.75 Å². The van der Waals surface area contributed by atoms with Gasteiger partial charge in [-0.15, -0.1) is 0 Å². The molecule has 5 heteroatoms. The molecule has 1 aromatic carbocycles. The van der Waals surface area contributed by atoms with Crippen LogP contribution < -0.4 is 0 Å². The van der Waals surface area contributed by atoms with Gasteiger partial charge in [0.25, 0.3) is 0 Å². The zero-order chi connectivity index (χ0) is 11.8. The number of para-hydroxylation sites is 1. The van der Waals surface area contributed by atoms with Crippen molar-refractivity contribution in [3.8, 4) is 6.07 Å². The molecule has 0 aliphatic rings. The van der Waals surface area contributed by atoms with Gasteiger partial charge in [-0.05, 0) is 6.07 Å². The van der Waals surface area contributed by atoms with Crippen molar-refractivity contribution in [2.45, 2.75) is 4.90 Å². The van der Waals surface area contributed by atoms with E-state index in [0.717, 1.165) is 5.52 Å². The summed E-state index contributed by atoms with van der Waals surface area (Å²) >= 11 is 0. The molecule has 0 radical (unpaired) electrons. The molecule has 0 unspecified atom stereocenters. The number of fused-ring (bicyclic) bond motifs is 1. The third-order valence-corrected chi connectivity index (χ3v) is 3.95. The molecule has 1 aromatic heterocycles. The quantitative estimate of drug-likeness (QED) is 0.790. The van der Waals surface area contributed by atoms with E-state index in [2.05, 4.69) is 0 Å². The van der Waals surface area contributed by atoms with E-state index in [-0.39, 0.29) is 4.90 Å². The molecule has 0 saturated carbocycles. The Balaban J connectivity index is 2.77. The minimum atomic E-state index is -3.50. The fourth-order valence-corrected chi connectivity index (χ4v) is 2.87. The minimum Gasteiger partial charge on any atom is -0.349 e. The molecular formula is C11H10N2O2S. The van der Waals surface area contributed by atoms with Gasteiger partial charge in [-0.3, -0.25) is 0 Å². The highest BCUT2D eigenvalue weighted by Gasteiger charge is 2.19. The van der Waals surface area contributed by atoms with Gasteiger partial charge in [0.05, 0.1) is 11.0 Å². The Labute approximate surface area is 93.6 Å². The zero-order valence-corrected chi connectivity index (χ0v) is 9.53. The van der Waals surface area contributed by atoms with Crippen molar-refractivity contribution in [1.29, 1.82) is 5.26 Å². The predicted molar refractivity (Wildman–Crippen MR) is 60.6 cm³/mol. The van der Waals surface area contributed by atoms with Gasteiger partial charge < -0.3 is 4.57 Å². The van der Waals surface area contributed by atoms with Crippen LogP contribution >= 0.6 is 0 Å². The van der Waals surface area contributed by atoms with Crippen LogP contribution in [0.25, 0.3) is 10.9 Å². The standard InChI is InChI=1S/C11H10N2O2S/c1-13-8-11(16(14,15)7-6-12)9-4-2-3-5-10(9)13/h2-5,8H,7H2,1H3. The van der Waals surface area contributed by atoms with Crippen LogP contribution in [0, 0.1) is 11.3 Å². The number of benzene rings is 1. The van der Waals surface area contributed by atoms with Crippen LogP contribution in [0.1, 0.15) is 0 Å². The van der Waals surface area contributed by atoms with E-state index in [0.29, 0.717) is 5.39 Å². The third-order valence-electron chi connectivity index (χ3n) is 2.45. The Morgan fingerprint density at radius 1 is 1.38 bits per heavy atom. The molecule has 0 aliphatic heterocycles. The van der Waals surface area contributed by atoms with Crippen LogP contribution in [0.5, 0.6) is 0 Å². The maximum atomic E-state index is 11.8. The summed E-state index contributed by atoms with van der Waals surface area (Å²) in [6.45, 7) is 0. The molecule has 82 valence electrons. The van der Waals surface area contributed by atoms with Gasteiger partial charge in [0.2, 0.25) is 0 Å². The van der Waals surface area contributed by atoms with Crippen LogP contribution in [-0.4, -0.2) is 18.7 Å². The largest absolute Gasteiger partial charge is 0.349 e. The van der Waals surface area contributed by atoms with Gasteiger partial charge in [0.15, 0.2) is 9.84 Å². The van der Waals surface area contributed by atoms with E-state index in [1.54, 1.807) is 36.0 Å². The van der Waals surface area contributed by atoms with E-state index in [4.69, 9.17) is 5.26 Å². The second-order valence-corrected chi connectivity index (χ2v) is 5.50. The lowest BCUT2D eigenvalue weighted by Gasteiger charge is -1.96. The molecule has 0 spiro atoms. The maximum absolute atomic E-state index is 11.8. The Morgan fingerprint density at radius 2 is 2.06 bits per heavy atom. The first-order chi connectivity index (χ1) is 7.56. The van der Waals surface area contributed by atoms with E-state index < -0.39 is 15.6 Å². The molecule has 0 atom stereocenters. The fraction of sp³-hybridized carbons (Fsp3) is 0.182. The molecule has 0 fully saturated rings. The van der Waals surface area contributed by atoms with Crippen molar-refractivity contribution in [3.05, 3.63) is 30.5 Å². The van der Waals surface area contributed by atoms with Crippen LogP contribution in [0.4, 0.5) is 0 Å². The number of nitrogens with zero attached hydrogens (tertiary/aromatic N) is 2. The fourth-order valence-electron chi connectivity index (χ4n) is 1.72. The van der Waals surface area contributed by atoms with Crippen molar-refractivity contribution in [2.24, 2.45) is 7.05 Å². The molecule has 0 saturated heterocycles. The van der Waals surface area contributed by atoms with Gasteiger partial charge in [-0.2, -0.15) is 5.26 Å². The summed E-state index contributed by atoms with van der Waals surface area (Å²) in [6.07, 6.45) is 1.55. The highest BCUT2D eigenvalue weighted by Crippen LogP contribution is 2.25. The first-order valence-corrected chi connectivity index (χ1v) is 6.35. The summed E-state index contributed by atoms with van der Waals surface area (Å²) in [5.74, 6) is -0.485. The van der Waals surface area contributed by atoms with Crippen LogP contribution in [0.2, 0.25) is 0 Å². The second kappa shape index (κ2) is 3.65. The van der Waals surface area contributed by atoms with Gasteiger partial charge >= 0.3 is 0 Å². The molecule has 4 nitrogen and oxygen atoms in total. The third kappa shape index (κ3) is 1.57. The highest BCUT2D eigenvalue weighted by molar-refractivity contribution is 7.91. The average molecular weight is 234 g/mol. The lowest BCUT2D eigenvalue weighted by molar-refractivity contribution is 0.600. The maximum Gasteiger partial charge on any atom is 0.193 e. The van der Waals surface area contributed by atoms with Gasteiger partial charge in [0, 0.05) is 24.1 Å². The van der Waals surface area contributed by atoms with Crippen LogP contribution in [0.15, 0.2) is 35.4 Å². The molecule has 0 N–H and O–H groups in total. The normalized spacial score (nSPS) is 11.5. The summed E-state index contributed by atoms with van der Waals surface area (Å²) < 4.78 is 25.4. The first-order valence-electron chi connectivity index (χ1n) is 4.70. The molecule has 1 heterocycles. The summed E-state index contributed by atoms with van der Waals surface area (Å²) in [4.78, 5) is 0.229. The monoisotopic (exact) mass is 234 g/mol. The SMILES string of the molecule is Cn1cc(S(=O)(=O)CC#N)c2ccccc21. The van der Waals surface area contributed by atoms with Crippen LogP contribution in [0.3, 0.4) is 0 Å². The lowest BCUT2D eigenvalue weighted by Crippen LogP contribution is -2.04. The van der Waals surface area contributed by atoms with E-state index in [1.165, 1.54) is 0 Å². The number of rotatable bonds is 2. The minimum absolute atomic E-state index is 0.229. The van der Waals surface area contributed by atoms with E-state index >= 15 is 0 Å². The van der Waals surface area contributed by atoms with Gasteiger partial charge in [-0.25, -0.2) is 8.42 Å². The summed E-state index contributed by atoms with van der Waals surface area (Å²) in [5, 5.41) is 9.17. The van der Waals surface area contributed by atoms with Crippen molar-refractivity contribution in [1.82, 2.24) is 4.57 Å². The van der Waals surface area contributed by atoms with Crippen molar-refractivity contribution in [3.63, 3.8) is 0 Å². The smallest absolute Gasteiger partial charge is 0.193 e. The summed E-state index contributed by atoms with van der Waals surface area (Å²) in [5.41, 5.74) is 0.846. The second-order valence-electron chi connectivity index (χ2n) is 3.54. The lowest BCUT2D eigenvalue weighted by atomic mass is 10.2. The predicted octanol–water partition coefficient (Wildman–Crippen LogP) is 1.48. The number of hydrogen-bond donors (Lipinski definition) is 0. The number of sulfone groups is 1. The number of aryl methyl sites for hydroxylation is 1. The van der Waals surface area contributed by atoms with Crippen LogP contribution in [-0.2, 0) is 16.9 Å². The molecule has 16 heavy (non-hydrogen) atoms. The molecule has 0 bridgehead atoms. The molecule has 2 aromatic rings. The van der Waals surface area contributed by atoms with Gasteiger partial charge in [-0.1, -0.05) is 18.2 Å². The first kappa shape index (κ1) is 10.7. The van der Waals surface area contributed by atoms with Crippen molar-refractivity contribution < 1.29 is 8.42 Å². The highest BCUT2D eigenvalue weighted by atomic mass is 32.2. The number of aromatic nitrogens is 1. The van der Waals surface area contributed by atoms with E-state index in [9.17, 15) is 8.42 Å². The molecule has 0 amide bonds. The molecular weight excluding hydrogens is 224 g/mol. The topological polar surface area (TPSA) is 62.9 Å². The molecule has 0 aliphatic carbocycles. The van der Waals surface area contributed by atoms with E-state index in [1.807, 2.05) is 12.1 Å². The zero-order valence-electron chi connectivity index (χ0n) is 8.71. The summed E-state index contributed by atoms with van der Waals surface area (Å²) in [6, 6.07) is 8.92. The number of hydrogen-bond acceptors (Lipinski definition) is 3. The number of nitriles is 1. The Bertz CT molecular complexity index is 678. The average Bonchev–Trinajstić information content (AvgIpc) is 2.58. The Hall–Kier alpha value is -1.80. The Morgan fingerprint density at radius 3 is 2.75 bits per heavy atom. The van der Waals surface area contributed by atoms with Crippen molar-refractivity contribution in [2.75, 3.05) is 5.75 Å². The molecule has 2 rings (SSSR count). The van der Waals surface area contributed by atoms with Crippen molar-refractivity contribution >= 4 is 20.7 Å². The Kier molecular flexibility index (Phi) is 2.44. The summed E-state index contributed by atoms with van der Waals surface area (Å²) in [7, 11) is -1.71.